The number of nitrogens with one attached hydrogen (secondary N) is 1. The summed E-state index contributed by atoms with van der Waals surface area (Å²) in [7, 11) is 0. The minimum Gasteiger partial charge on any atom is -0.360 e. The van der Waals surface area contributed by atoms with Crippen LogP contribution in [0.2, 0.25) is 0 Å². The van der Waals surface area contributed by atoms with Gasteiger partial charge in [0.15, 0.2) is 0 Å². The van der Waals surface area contributed by atoms with Gasteiger partial charge in [-0.3, -0.25) is 14.6 Å². The molecule has 2 aromatic heterocycles. The molecule has 4 atom stereocenters. The highest BCUT2D eigenvalue weighted by Gasteiger charge is 2.66. The normalized spacial score (nSPS) is 30.7. The van der Waals surface area contributed by atoms with Crippen molar-refractivity contribution in [1.82, 2.24) is 15.2 Å². The molecule has 3 aliphatic heterocycles. The summed E-state index contributed by atoms with van der Waals surface area (Å²) in [6.45, 7) is 1.44. The van der Waals surface area contributed by atoms with Gasteiger partial charge >= 0.3 is 0 Å². The van der Waals surface area contributed by atoms with Crippen LogP contribution in [0.4, 0.5) is 0 Å². The zero-order valence-corrected chi connectivity index (χ0v) is 15.4. The van der Waals surface area contributed by atoms with Crippen LogP contribution in [0, 0.1) is 11.8 Å². The summed E-state index contributed by atoms with van der Waals surface area (Å²) in [5, 5.41) is 4.97. The summed E-state index contributed by atoms with van der Waals surface area (Å²) >= 11 is 1.60. The number of hydrogen-bond donors (Lipinski definition) is 1. The van der Waals surface area contributed by atoms with Gasteiger partial charge in [-0.2, -0.15) is 0 Å². The number of likely N-dealkylation sites (tertiary alicyclic amines) is 1. The summed E-state index contributed by atoms with van der Waals surface area (Å²) in [5.41, 5.74) is 0.300. The summed E-state index contributed by atoms with van der Waals surface area (Å²) in [5.74, 6) is -1.04. The first-order valence-electron chi connectivity index (χ1n) is 9.01. The average molecular weight is 381 g/mol. The van der Waals surface area contributed by atoms with Crippen molar-refractivity contribution >= 4 is 23.2 Å². The zero-order valence-electron chi connectivity index (χ0n) is 14.6. The number of thiophene rings is 1. The fourth-order valence-electron chi connectivity index (χ4n) is 4.43. The van der Waals surface area contributed by atoms with Crippen LogP contribution in [0.15, 0.2) is 54.2 Å². The Labute approximate surface area is 160 Å². The van der Waals surface area contributed by atoms with Crippen LogP contribution in [0.3, 0.4) is 0 Å². The largest absolute Gasteiger partial charge is 0.360 e. The Kier molecular flexibility index (Phi) is 3.87. The average Bonchev–Trinajstić information content (AvgIpc) is 3.44. The molecule has 6 nitrogen and oxygen atoms in total. The van der Waals surface area contributed by atoms with Gasteiger partial charge in [0.25, 0.3) is 0 Å². The quantitative estimate of drug-likeness (QED) is 0.801. The van der Waals surface area contributed by atoms with E-state index in [-0.39, 0.29) is 17.9 Å². The molecule has 0 saturated carbocycles. The molecule has 27 heavy (non-hydrogen) atoms. The lowest BCUT2D eigenvalue weighted by Gasteiger charge is -2.23. The second kappa shape index (κ2) is 6.28. The molecule has 1 spiro atoms. The fraction of sp³-hybridized carbons (Fsp3) is 0.350. The Morgan fingerprint density at radius 2 is 2.33 bits per heavy atom. The number of aromatic nitrogens is 1. The minimum absolute atomic E-state index is 0.0121. The van der Waals surface area contributed by atoms with E-state index in [9.17, 15) is 9.59 Å². The number of fused-ring (bicyclic) bond motifs is 1. The number of rotatable bonds is 5. The first-order valence-corrected chi connectivity index (χ1v) is 9.89. The van der Waals surface area contributed by atoms with E-state index in [0.29, 0.717) is 19.6 Å². The van der Waals surface area contributed by atoms with Gasteiger partial charge in [0.1, 0.15) is 5.60 Å². The van der Waals surface area contributed by atoms with Gasteiger partial charge in [-0.05, 0) is 23.1 Å². The number of ether oxygens (including phenoxy) is 1. The molecule has 5 rings (SSSR count). The molecule has 2 unspecified atom stereocenters. The minimum atomic E-state index is -0.672. The molecular formula is C20H19N3O3S. The molecule has 1 N–H and O–H groups in total. The second-order valence-corrected chi connectivity index (χ2v) is 8.28. The first-order chi connectivity index (χ1) is 13.2. The van der Waals surface area contributed by atoms with Crippen molar-refractivity contribution in [2.24, 2.45) is 11.8 Å². The van der Waals surface area contributed by atoms with E-state index in [1.807, 2.05) is 41.8 Å². The maximum absolute atomic E-state index is 13.1. The molecule has 2 fully saturated rings. The van der Waals surface area contributed by atoms with Crippen molar-refractivity contribution in [3.63, 3.8) is 0 Å². The molecule has 2 saturated heterocycles. The van der Waals surface area contributed by atoms with Crippen LogP contribution >= 0.6 is 11.3 Å². The van der Waals surface area contributed by atoms with Crippen LogP contribution in [0.5, 0.6) is 0 Å². The van der Waals surface area contributed by atoms with E-state index < -0.39 is 17.4 Å². The third-order valence-corrected chi connectivity index (χ3v) is 6.47. The van der Waals surface area contributed by atoms with Crippen molar-refractivity contribution in [1.29, 1.82) is 0 Å². The fourth-order valence-corrected chi connectivity index (χ4v) is 5.07. The Bertz CT molecular complexity index is 898. The first kappa shape index (κ1) is 16.6. The van der Waals surface area contributed by atoms with Gasteiger partial charge in [-0.1, -0.05) is 24.3 Å². The monoisotopic (exact) mass is 381 g/mol. The van der Waals surface area contributed by atoms with Crippen molar-refractivity contribution in [2.75, 3.05) is 6.54 Å². The van der Waals surface area contributed by atoms with Crippen LogP contribution < -0.4 is 5.32 Å². The lowest BCUT2D eigenvalue weighted by Crippen LogP contribution is -2.43. The van der Waals surface area contributed by atoms with Crippen molar-refractivity contribution in [3.05, 3.63) is 64.6 Å². The van der Waals surface area contributed by atoms with Gasteiger partial charge in [0.05, 0.1) is 31.0 Å². The van der Waals surface area contributed by atoms with Crippen molar-refractivity contribution in [3.8, 4) is 0 Å². The Hall–Kier alpha value is -2.51. The zero-order chi connectivity index (χ0) is 18.4. The predicted molar refractivity (Wildman–Crippen MR) is 99.5 cm³/mol. The van der Waals surface area contributed by atoms with Gasteiger partial charge in [-0.25, -0.2) is 0 Å². The molecule has 2 bridgehead atoms. The molecule has 2 amide bonds. The predicted octanol–water partition coefficient (Wildman–Crippen LogP) is 1.74. The number of nitrogens with zero attached hydrogens (tertiary/aromatic N) is 2. The van der Waals surface area contributed by atoms with E-state index >= 15 is 0 Å². The number of amides is 2. The molecule has 3 aliphatic rings. The van der Waals surface area contributed by atoms with Crippen molar-refractivity contribution in [2.45, 2.75) is 24.8 Å². The smallest absolute Gasteiger partial charge is 0.230 e. The van der Waals surface area contributed by atoms with Gasteiger partial charge in [-0.15, -0.1) is 11.3 Å². The topological polar surface area (TPSA) is 71.5 Å². The molecule has 2 aromatic rings. The molecule has 0 aliphatic carbocycles. The summed E-state index contributed by atoms with van der Waals surface area (Å²) in [6.07, 6.45) is 7.07. The van der Waals surface area contributed by atoms with Gasteiger partial charge < -0.3 is 15.0 Å². The van der Waals surface area contributed by atoms with Crippen LogP contribution in [0.1, 0.15) is 10.4 Å². The standard InChI is InChI=1S/C20H19N3O3S/c24-18(22-10-14-4-2-8-27-14)16-15-5-6-20(26-15)12-23(19(25)17(16)20)11-13-3-1-7-21-9-13/h1-9,15-17H,10-12H2,(H,22,24)/t15?,16-,17+,20?/m1/s1. The molecule has 5 heterocycles. The summed E-state index contributed by atoms with van der Waals surface area (Å²) < 4.78 is 6.15. The molecule has 7 heteroatoms. The van der Waals surface area contributed by atoms with Crippen LogP contribution in [-0.4, -0.2) is 39.9 Å². The lowest BCUT2D eigenvalue weighted by molar-refractivity contribution is -0.137. The third-order valence-electron chi connectivity index (χ3n) is 5.59. The van der Waals surface area contributed by atoms with Crippen molar-refractivity contribution < 1.29 is 14.3 Å². The molecule has 0 radical (unpaired) electrons. The summed E-state index contributed by atoms with van der Waals surface area (Å²) in [6, 6.07) is 7.75. The Balaban J connectivity index is 1.34. The van der Waals surface area contributed by atoms with Crippen LogP contribution in [0.25, 0.3) is 0 Å². The summed E-state index contributed by atoms with van der Waals surface area (Å²) in [4.78, 5) is 33.0. The lowest BCUT2D eigenvalue weighted by atomic mass is 9.77. The molecular weight excluding hydrogens is 362 g/mol. The SMILES string of the molecule is O=C(NCc1cccs1)[C@@H]1C2C=CC3(CN(Cc4cccnc4)C(=O)[C@H]13)O2. The maximum atomic E-state index is 13.1. The maximum Gasteiger partial charge on any atom is 0.230 e. The number of carbonyl (C=O) groups excluding carboxylic acids is 2. The van der Waals surface area contributed by atoms with E-state index in [1.165, 1.54) is 0 Å². The molecule has 138 valence electrons. The highest BCUT2D eigenvalue weighted by Crippen LogP contribution is 2.52. The van der Waals surface area contributed by atoms with E-state index in [4.69, 9.17) is 4.74 Å². The van der Waals surface area contributed by atoms with E-state index in [0.717, 1.165) is 10.4 Å². The Morgan fingerprint density at radius 3 is 3.11 bits per heavy atom. The van der Waals surface area contributed by atoms with E-state index in [1.54, 1.807) is 28.6 Å². The van der Waals surface area contributed by atoms with Crippen LogP contribution in [-0.2, 0) is 27.4 Å². The highest BCUT2D eigenvalue weighted by atomic mass is 32.1. The number of pyridine rings is 1. The highest BCUT2D eigenvalue weighted by molar-refractivity contribution is 7.09. The third kappa shape index (κ3) is 2.69. The number of carbonyl (C=O) groups is 2. The second-order valence-electron chi connectivity index (χ2n) is 7.25. The van der Waals surface area contributed by atoms with Gasteiger partial charge in [0.2, 0.25) is 11.8 Å². The van der Waals surface area contributed by atoms with Gasteiger partial charge in [0, 0.05) is 23.8 Å². The Morgan fingerprint density at radius 1 is 1.41 bits per heavy atom. The number of hydrogen-bond acceptors (Lipinski definition) is 5. The molecule has 0 aromatic carbocycles. The van der Waals surface area contributed by atoms with E-state index in [2.05, 4.69) is 10.3 Å².